The number of nitrogens with zero attached hydrogens (tertiary/aromatic N) is 1. The normalized spacial score (nSPS) is 19.2. The molecule has 1 fully saturated rings. The van der Waals surface area contributed by atoms with Crippen LogP contribution in [0.1, 0.15) is 64.2 Å². The van der Waals surface area contributed by atoms with E-state index in [9.17, 15) is 24.3 Å². The molecule has 1 aliphatic heterocycles. The summed E-state index contributed by atoms with van der Waals surface area (Å²) in [6, 6.07) is 32.1. The standard InChI is InChI=1S/C40H41N3O6.H2S/c1-49-35-19-11-9-17-32(35)36(44)41-29-21-24-43(25-22-29)37(45)31-20-23-40(28-14-6-3-7-15-28,33-18-10-8-16-30(31)33)39(48)42-34(38(46)47)26-27-12-4-2-5-13-27;/h2-19,29,31,34H,20-26H2,1H3,(H,41,44)(H,42,48)(H,46,47);1H2/t31-,34+,40+;/m0./s1. The van der Waals surface area contributed by atoms with Gasteiger partial charge >= 0.3 is 5.97 Å². The number of rotatable bonds is 10. The van der Waals surface area contributed by atoms with Crippen molar-refractivity contribution >= 4 is 37.2 Å². The Labute approximate surface area is 299 Å². The molecular formula is C40H43N3O6S. The van der Waals surface area contributed by atoms with E-state index in [0.29, 0.717) is 55.6 Å². The van der Waals surface area contributed by atoms with Gasteiger partial charge in [-0.1, -0.05) is 97.1 Å². The monoisotopic (exact) mass is 693 g/mol. The number of carbonyl (C=O) groups is 4. The number of hydrogen-bond acceptors (Lipinski definition) is 5. The first-order valence-corrected chi connectivity index (χ1v) is 16.8. The quantitative estimate of drug-likeness (QED) is 0.210. The number of nitrogens with one attached hydrogen (secondary N) is 2. The summed E-state index contributed by atoms with van der Waals surface area (Å²) in [5, 5.41) is 16.1. The Balaban J connectivity index is 0.00000486. The first kappa shape index (κ1) is 36.2. The van der Waals surface area contributed by atoms with E-state index in [0.717, 1.165) is 16.7 Å². The second-order valence-electron chi connectivity index (χ2n) is 12.8. The van der Waals surface area contributed by atoms with Gasteiger partial charge in [-0.25, -0.2) is 4.79 Å². The van der Waals surface area contributed by atoms with Crippen LogP contribution in [-0.4, -0.2) is 66.0 Å². The Morgan fingerprint density at radius 1 is 0.840 bits per heavy atom. The third-order valence-electron chi connectivity index (χ3n) is 9.94. The number of fused-ring (bicyclic) bond motifs is 1. The Bertz CT molecular complexity index is 1810. The van der Waals surface area contributed by atoms with E-state index in [1.165, 1.54) is 7.11 Å². The van der Waals surface area contributed by atoms with Crippen molar-refractivity contribution in [3.8, 4) is 5.75 Å². The summed E-state index contributed by atoms with van der Waals surface area (Å²) in [5.41, 5.74) is 2.34. The fourth-order valence-corrected chi connectivity index (χ4v) is 7.38. The minimum Gasteiger partial charge on any atom is -0.496 e. The number of ether oxygens (including phenoxy) is 1. The van der Waals surface area contributed by atoms with Gasteiger partial charge < -0.3 is 25.4 Å². The highest BCUT2D eigenvalue weighted by molar-refractivity contribution is 7.59. The summed E-state index contributed by atoms with van der Waals surface area (Å²) in [7, 11) is 1.54. The lowest BCUT2D eigenvalue weighted by atomic mass is 9.62. The first-order valence-electron chi connectivity index (χ1n) is 16.8. The van der Waals surface area contributed by atoms with Crippen molar-refractivity contribution in [1.29, 1.82) is 0 Å². The molecule has 4 aromatic carbocycles. The minimum absolute atomic E-state index is 0. The molecule has 1 heterocycles. The summed E-state index contributed by atoms with van der Waals surface area (Å²) in [4.78, 5) is 56.0. The van der Waals surface area contributed by atoms with Crippen LogP contribution in [0, 0.1) is 0 Å². The Morgan fingerprint density at radius 3 is 2.14 bits per heavy atom. The Kier molecular flexibility index (Phi) is 11.6. The van der Waals surface area contributed by atoms with Crippen LogP contribution in [0.15, 0.2) is 109 Å². The van der Waals surface area contributed by atoms with Crippen molar-refractivity contribution in [3.05, 3.63) is 137 Å². The molecule has 1 aliphatic carbocycles. The van der Waals surface area contributed by atoms with Crippen LogP contribution in [0.3, 0.4) is 0 Å². The number of methoxy groups -OCH3 is 1. The van der Waals surface area contributed by atoms with Gasteiger partial charge in [0.25, 0.3) is 5.91 Å². The molecule has 2 aliphatic rings. The number of hydrogen-bond donors (Lipinski definition) is 3. The maximum atomic E-state index is 14.5. The highest BCUT2D eigenvalue weighted by Gasteiger charge is 2.49. The molecule has 4 aromatic rings. The van der Waals surface area contributed by atoms with Gasteiger partial charge in [0.15, 0.2) is 0 Å². The number of amides is 3. The maximum absolute atomic E-state index is 14.5. The molecule has 3 N–H and O–H groups in total. The van der Waals surface area contributed by atoms with Crippen LogP contribution in [0.25, 0.3) is 0 Å². The molecule has 260 valence electrons. The van der Waals surface area contributed by atoms with Crippen molar-refractivity contribution in [2.75, 3.05) is 20.2 Å². The fraction of sp³-hybridized carbons (Fsp3) is 0.300. The summed E-state index contributed by atoms with van der Waals surface area (Å²) >= 11 is 0. The van der Waals surface area contributed by atoms with Crippen LogP contribution in [-0.2, 0) is 26.2 Å². The molecule has 3 atom stereocenters. The van der Waals surface area contributed by atoms with E-state index in [1.807, 2.05) is 95.9 Å². The third kappa shape index (κ3) is 7.40. The molecule has 0 radical (unpaired) electrons. The van der Waals surface area contributed by atoms with Crippen LogP contribution in [0.2, 0.25) is 0 Å². The lowest BCUT2D eigenvalue weighted by molar-refractivity contribution is -0.142. The number of benzene rings is 4. The third-order valence-corrected chi connectivity index (χ3v) is 9.94. The van der Waals surface area contributed by atoms with Crippen molar-refractivity contribution in [1.82, 2.24) is 15.5 Å². The van der Waals surface area contributed by atoms with E-state index in [4.69, 9.17) is 4.74 Å². The van der Waals surface area contributed by atoms with Gasteiger partial charge in [-0.3, -0.25) is 14.4 Å². The average Bonchev–Trinajstić information content (AvgIpc) is 3.14. The molecule has 0 bridgehead atoms. The zero-order valence-corrected chi connectivity index (χ0v) is 29.0. The summed E-state index contributed by atoms with van der Waals surface area (Å²) < 4.78 is 5.35. The van der Waals surface area contributed by atoms with Gasteiger partial charge in [0.05, 0.1) is 24.0 Å². The zero-order valence-electron chi connectivity index (χ0n) is 28.0. The fourth-order valence-electron chi connectivity index (χ4n) is 7.38. The van der Waals surface area contributed by atoms with Gasteiger partial charge in [0.2, 0.25) is 11.8 Å². The van der Waals surface area contributed by atoms with Crippen molar-refractivity contribution in [2.24, 2.45) is 0 Å². The number of carbonyl (C=O) groups excluding carboxylic acids is 3. The molecule has 0 spiro atoms. The summed E-state index contributed by atoms with van der Waals surface area (Å²) in [6.07, 6.45) is 2.13. The molecule has 9 nitrogen and oxygen atoms in total. The highest BCUT2D eigenvalue weighted by atomic mass is 32.1. The number of carboxylic acid groups (broad SMARTS) is 1. The predicted octanol–water partition coefficient (Wildman–Crippen LogP) is 5.20. The van der Waals surface area contributed by atoms with Gasteiger partial charge in [0.1, 0.15) is 11.8 Å². The van der Waals surface area contributed by atoms with Crippen LogP contribution < -0.4 is 15.4 Å². The summed E-state index contributed by atoms with van der Waals surface area (Å²) in [5.74, 6) is -1.66. The molecule has 0 unspecified atom stereocenters. The predicted molar refractivity (Wildman–Crippen MR) is 196 cm³/mol. The highest BCUT2D eigenvalue weighted by Crippen LogP contribution is 2.48. The summed E-state index contributed by atoms with van der Waals surface area (Å²) in [6.45, 7) is 0.997. The number of para-hydroxylation sites is 1. The van der Waals surface area contributed by atoms with Gasteiger partial charge in [-0.15, -0.1) is 0 Å². The van der Waals surface area contributed by atoms with Gasteiger partial charge in [0, 0.05) is 25.6 Å². The maximum Gasteiger partial charge on any atom is 0.326 e. The molecule has 1 saturated heterocycles. The van der Waals surface area contributed by atoms with Crippen molar-refractivity contribution in [3.63, 3.8) is 0 Å². The lowest BCUT2D eigenvalue weighted by Gasteiger charge is -2.43. The van der Waals surface area contributed by atoms with E-state index < -0.39 is 29.3 Å². The van der Waals surface area contributed by atoms with Crippen molar-refractivity contribution in [2.45, 2.75) is 55.5 Å². The second kappa shape index (κ2) is 16.1. The smallest absolute Gasteiger partial charge is 0.326 e. The largest absolute Gasteiger partial charge is 0.496 e. The van der Waals surface area contributed by atoms with Crippen LogP contribution in [0.4, 0.5) is 0 Å². The molecule has 0 saturated carbocycles. The Hall–Kier alpha value is -5.09. The zero-order chi connectivity index (χ0) is 34.4. The van der Waals surface area contributed by atoms with E-state index >= 15 is 0 Å². The molecule has 0 aromatic heterocycles. The number of likely N-dealkylation sites (tertiary alicyclic amines) is 1. The Morgan fingerprint density at radius 2 is 1.46 bits per heavy atom. The molecule has 3 amide bonds. The lowest BCUT2D eigenvalue weighted by Crippen LogP contribution is -2.54. The molecular weight excluding hydrogens is 651 g/mol. The SMILES string of the molecule is COc1ccccc1C(=O)NC1CCN(C(=O)[C@H]2CC[C@@](C(=O)N[C@H](Cc3ccccc3)C(=O)O)(c3ccccc3)c3ccccc32)CC1.S. The number of carboxylic acids is 1. The van der Waals surface area contributed by atoms with Gasteiger partial charge in [-0.2, -0.15) is 13.5 Å². The van der Waals surface area contributed by atoms with Crippen LogP contribution >= 0.6 is 13.5 Å². The molecule has 50 heavy (non-hydrogen) atoms. The number of piperidine rings is 1. The van der Waals surface area contributed by atoms with E-state index in [1.54, 1.807) is 18.2 Å². The van der Waals surface area contributed by atoms with E-state index in [2.05, 4.69) is 10.6 Å². The molecule has 10 heteroatoms. The second-order valence-corrected chi connectivity index (χ2v) is 12.8. The average molecular weight is 694 g/mol. The number of aliphatic carboxylic acids is 1. The van der Waals surface area contributed by atoms with E-state index in [-0.39, 0.29) is 37.8 Å². The molecule has 6 rings (SSSR count). The van der Waals surface area contributed by atoms with Crippen LogP contribution in [0.5, 0.6) is 5.75 Å². The van der Waals surface area contributed by atoms with Gasteiger partial charge in [-0.05, 0) is 60.1 Å². The topological polar surface area (TPSA) is 125 Å². The minimum atomic E-state index is -1.19. The first-order chi connectivity index (χ1) is 23.8. The van der Waals surface area contributed by atoms with Crippen molar-refractivity contribution < 1.29 is 29.0 Å².